The minimum atomic E-state index is -2.58. The lowest BCUT2D eigenvalue weighted by atomic mass is 9.41. The van der Waals surface area contributed by atoms with E-state index in [0.29, 0.717) is 0 Å². The molecule has 0 aromatic heterocycles. The fraction of sp³-hybridized carbons (Fsp3) is 0.500. The zero-order chi connectivity index (χ0) is 23.5. The summed E-state index contributed by atoms with van der Waals surface area (Å²) in [5.74, 6) is 0. The molecule has 0 heterocycles. The van der Waals surface area contributed by atoms with E-state index in [-0.39, 0.29) is 0 Å². The minimum Gasteiger partial charge on any atom is -0.383 e. The van der Waals surface area contributed by atoms with Crippen molar-refractivity contribution in [1.82, 2.24) is 0 Å². The molecule has 1 aliphatic rings. The highest BCUT2D eigenvalue weighted by atomic mass is 16.5. The molecule has 0 aliphatic heterocycles. The van der Waals surface area contributed by atoms with Gasteiger partial charge in [-0.3, -0.25) is 0 Å². The molecular weight excluding hydrogens is 384 g/mol. The zero-order valence-corrected chi connectivity index (χ0v) is 17.6. The Morgan fingerprint density at radius 2 is 0.433 bits per heavy atom. The molecule has 0 saturated heterocycles. The molecule has 0 atom stereocenters. The van der Waals surface area contributed by atoms with Crippen molar-refractivity contribution >= 4 is 0 Å². The van der Waals surface area contributed by atoms with Crippen LogP contribution in [-0.4, -0.2) is 64.2 Å². The zero-order valence-electron chi connectivity index (χ0n) is 17.6. The first-order valence-electron chi connectivity index (χ1n) is 9.86. The van der Waals surface area contributed by atoms with E-state index >= 15 is 0 Å². The third kappa shape index (κ3) is 2.87. The molecule has 0 amide bonds. The van der Waals surface area contributed by atoms with Gasteiger partial charge >= 0.3 is 0 Å². The van der Waals surface area contributed by atoms with Gasteiger partial charge in [0.2, 0.25) is 0 Å². The lowest BCUT2D eigenvalue weighted by Gasteiger charge is -2.72. The number of hydrogen-bond donors (Lipinski definition) is 6. The third-order valence-corrected chi connectivity index (χ3v) is 6.74. The van der Waals surface area contributed by atoms with E-state index in [4.69, 9.17) is 0 Å². The van der Waals surface area contributed by atoms with Crippen LogP contribution in [-0.2, 0) is 0 Å². The Morgan fingerprint density at radius 3 is 0.500 bits per heavy atom. The highest BCUT2D eigenvalue weighted by Crippen LogP contribution is 2.64. The van der Waals surface area contributed by atoms with Crippen LogP contribution in [0.3, 0.4) is 0 Å². The summed E-state index contributed by atoms with van der Waals surface area (Å²) in [6, 6.07) is 0. The van der Waals surface area contributed by atoms with Crippen LogP contribution in [0.4, 0.5) is 0 Å². The summed E-state index contributed by atoms with van der Waals surface area (Å²) in [4.78, 5) is 0. The number of rotatable bonds is 12. The largest absolute Gasteiger partial charge is 0.383 e. The fourth-order valence-corrected chi connectivity index (χ4v) is 5.33. The van der Waals surface area contributed by atoms with E-state index < -0.39 is 72.1 Å². The second kappa shape index (κ2) is 8.75. The highest BCUT2D eigenvalue weighted by molar-refractivity contribution is 5.41. The van der Waals surface area contributed by atoms with Crippen molar-refractivity contribution in [3.05, 3.63) is 75.9 Å². The van der Waals surface area contributed by atoms with Gasteiger partial charge in [0.25, 0.3) is 0 Å². The summed E-state index contributed by atoms with van der Waals surface area (Å²) in [6.07, 6.45) is 4.96. The molecule has 0 unspecified atom stereocenters. The van der Waals surface area contributed by atoms with Crippen molar-refractivity contribution in [1.29, 1.82) is 0 Å². The summed E-state index contributed by atoms with van der Waals surface area (Å²) in [5, 5.41) is 71.4. The van der Waals surface area contributed by atoms with E-state index in [0.717, 1.165) is 0 Å². The second-order valence-electron chi connectivity index (χ2n) is 8.12. The third-order valence-electron chi connectivity index (χ3n) is 6.74. The quantitative estimate of drug-likeness (QED) is 0.268. The van der Waals surface area contributed by atoms with Gasteiger partial charge in [-0.25, -0.2) is 0 Å². The topological polar surface area (TPSA) is 121 Å². The van der Waals surface area contributed by atoms with Crippen molar-refractivity contribution in [2.45, 2.75) is 72.1 Å². The highest BCUT2D eigenvalue weighted by Gasteiger charge is 2.86. The monoisotopic (exact) mass is 420 g/mol. The maximum atomic E-state index is 11.9. The van der Waals surface area contributed by atoms with Gasteiger partial charge in [-0.05, 0) is 38.5 Å². The first-order chi connectivity index (χ1) is 13.9. The minimum absolute atomic E-state index is 0.426. The smallest absolute Gasteiger partial charge is 0.132 e. The molecule has 6 N–H and O–H groups in total. The molecule has 1 aliphatic carbocycles. The van der Waals surface area contributed by atoms with Gasteiger partial charge in [0.05, 0.1) is 0 Å². The molecular formula is C24H36O6. The Morgan fingerprint density at radius 1 is 0.333 bits per heavy atom. The van der Waals surface area contributed by atoms with Gasteiger partial charge < -0.3 is 30.6 Å². The summed E-state index contributed by atoms with van der Waals surface area (Å²) >= 11 is 0. The van der Waals surface area contributed by atoms with Crippen molar-refractivity contribution < 1.29 is 30.6 Å². The molecule has 0 bridgehead atoms. The maximum absolute atomic E-state index is 11.9. The average Bonchev–Trinajstić information content (AvgIpc) is 2.67. The lowest BCUT2D eigenvalue weighted by Crippen LogP contribution is -2.94. The summed E-state index contributed by atoms with van der Waals surface area (Å²) < 4.78 is 0. The van der Waals surface area contributed by atoms with E-state index in [1.165, 1.54) is 36.5 Å². The van der Waals surface area contributed by atoms with Crippen LogP contribution in [0.15, 0.2) is 75.9 Å². The Hall–Kier alpha value is -1.80. The normalized spacial score (nSPS) is 43.4. The lowest BCUT2D eigenvalue weighted by molar-refractivity contribution is -0.435. The van der Waals surface area contributed by atoms with Crippen molar-refractivity contribution in [3.63, 3.8) is 0 Å². The van der Waals surface area contributed by atoms with Crippen LogP contribution in [0.25, 0.3) is 0 Å². The molecule has 168 valence electrons. The fourth-order valence-electron chi connectivity index (χ4n) is 5.33. The first kappa shape index (κ1) is 26.2. The van der Waals surface area contributed by atoms with Gasteiger partial charge in [0.1, 0.15) is 33.6 Å². The predicted octanol–water partition coefficient (Wildman–Crippen LogP) is 1.84. The Labute approximate surface area is 179 Å². The van der Waals surface area contributed by atoms with Crippen molar-refractivity contribution in [3.8, 4) is 0 Å². The predicted molar refractivity (Wildman–Crippen MR) is 119 cm³/mol. The van der Waals surface area contributed by atoms with Crippen LogP contribution in [0, 0.1) is 0 Å². The number of aliphatic hydroxyl groups is 6. The SMILES string of the molecule is C=CCC1(O)C(O)(CC=C)C(O)(CC=C)C(O)(CC=C)C(O)(CC=C)C1(O)CC=C. The van der Waals surface area contributed by atoms with Gasteiger partial charge in [-0.2, -0.15) is 0 Å². The second-order valence-corrected chi connectivity index (χ2v) is 8.12. The molecule has 0 spiro atoms. The van der Waals surface area contributed by atoms with Crippen LogP contribution in [0.2, 0.25) is 0 Å². The standard InChI is InChI=1S/C24H36O6/c1-7-13-19(25)20(26,14-8-2)22(28,16-10-4)24(30,18-12-6)23(29,17-11-5)21(19,27)15-9-3/h7-12,25-30H,1-6,13-18H2. The van der Waals surface area contributed by atoms with Gasteiger partial charge in [0.15, 0.2) is 0 Å². The summed E-state index contributed by atoms with van der Waals surface area (Å²) in [5.41, 5.74) is -15.5. The molecule has 1 fully saturated rings. The van der Waals surface area contributed by atoms with Gasteiger partial charge in [-0.15, -0.1) is 39.5 Å². The van der Waals surface area contributed by atoms with E-state index in [2.05, 4.69) is 39.5 Å². The van der Waals surface area contributed by atoms with E-state index in [1.54, 1.807) is 0 Å². The van der Waals surface area contributed by atoms with Gasteiger partial charge in [0, 0.05) is 0 Å². The maximum Gasteiger partial charge on any atom is 0.132 e. The Balaban J connectivity index is 4.33. The Bertz CT molecular complexity index is 539. The van der Waals surface area contributed by atoms with Crippen LogP contribution in [0.1, 0.15) is 38.5 Å². The van der Waals surface area contributed by atoms with Crippen LogP contribution < -0.4 is 0 Å². The Kier molecular flexibility index (Phi) is 7.65. The summed E-state index contributed by atoms with van der Waals surface area (Å²) in [6.45, 7) is 21.6. The van der Waals surface area contributed by atoms with Crippen LogP contribution in [0.5, 0.6) is 0 Å². The van der Waals surface area contributed by atoms with Crippen LogP contribution >= 0.6 is 0 Å². The van der Waals surface area contributed by atoms with E-state index in [9.17, 15) is 30.6 Å². The molecule has 6 heteroatoms. The molecule has 1 rings (SSSR count). The summed E-state index contributed by atoms with van der Waals surface area (Å²) in [7, 11) is 0. The van der Waals surface area contributed by atoms with Crippen molar-refractivity contribution in [2.75, 3.05) is 0 Å². The van der Waals surface area contributed by atoms with Crippen molar-refractivity contribution in [2.24, 2.45) is 0 Å². The molecule has 30 heavy (non-hydrogen) atoms. The van der Waals surface area contributed by atoms with Gasteiger partial charge in [-0.1, -0.05) is 36.5 Å². The molecule has 1 saturated carbocycles. The molecule has 6 nitrogen and oxygen atoms in total. The average molecular weight is 421 g/mol. The molecule has 0 aromatic rings. The molecule has 0 radical (unpaired) electrons. The molecule has 0 aromatic carbocycles. The number of hydrogen-bond acceptors (Lipinski definition) is 6. The first-order valence-corrected chi connectivity index (χ1v) is 9.86. The van der Waals surface area contributed by atoms with E-state index in [1.807, 2.05) is 0 Å².